The first-order chi connectivity index (χ1) is 11.6. The lowest BCUT2D eigenvalue weighted by Gasteiger charge is -2.33. The molecule has 1 fully saturated rings. The minimum Gasteiger partial charge on any atom is -0.338 e. The van der Waals surface area contributed by atoms with Gasteiger partial charge in [-0.15, -0.1) is 0 Å². The number of halogens is 1. The van der Waals surface area contributed by atoms with Gasteiger partial charge in [0.2, 0.25) is 0 Å². The van der Waals surface area contributed by atoms with Gasteiger partial charge in [-0.25, -0.2) is 4.79 Å². The maximum Gasteiger partial charge on any atom is 0.321 e. The quantitative estimate of drug-likeness (QED) is 0.761. The summed E-state index contributed by atoms with van der Waals surface area (Å²) >= 11 is 3.49. The third-order valence-electron chi connectivity index (χ3n) is 5.27. The number of likely N-dealkylation sites (tertiary alicyclic amines) is 1. The molecule has 5 heteroatoms. The Hall–Kier alpha value is -1.07. The first-order valence-corrected chi connectivity index (χ1v) is 10.0. The van der Waals surface area contributed by atoms with Crippen LogP contribution in [0.5, 0.6) is 0 Å². The summed E-state index contributed by atoms with van der Waals surface area (Å²) in [5.74, 6) is 0. The largest absolute Gasteiger partial charge is 0.338 e. The second-order valence-electron chi connectivity index (χ2n) is 6.99. The molecule has 0 spiro atoms. The summed E-state index contributed by atoms with van der Waals surface area (Å²) in [5.41, 5.74) is 2.30. The van der Waals surface area contributed by atoms with E-state index in [0.29, 0.717) is 0 Å². The Balaban J connectivity index is 1.38. The van der Waals surface area contributed by atoms with E-state index < -0.39 is 0 Å². The maximum absolute atomic E-state index is 12.4. The van der Waals surface area contributed by atoms with Gasteiger partial charge in [-0.3, -0.25) is 4.90 Å². The van der Waals surface area contributed by atoms with Crippen LogP contribution < -0.4 is 10.2 Å². The number of unbranched alkanes of at least 4 members (excludes halogenated alkanes) is 1. The van der Waals surface area contributed by atoms with Gasteiger partial charge in [-0.05, 0) is 75.9 Å². The van der Waals surface area contributed by atoms with Crippen molar-refractivity contribution >= 4 is 27.6 Å². The minimum atomic E-state index is 0.0439. The zero-order chi connectivity index (χ0) is 16.9. The molecule has 1 saturated heterocycles. The molecule has 1 atom stereocenters. The molecule has 2 aliphatic rings. The molecule has 0 bridgehead atoms. The van der Waals surface area contributed by atoms with Gasteiger partial charge < -0.3 is 10.2 Å². The Labute approximate surface area is 153 Å². The third-order valence-corrected chi connectivity index (χ3v) is 5.76. The summed E-state index contributed by atoms with van der Waals surface area (Å²) in [4.78, 5) is 16.9. The number of hydrogen-bond acceptors (Lipinski definition) is 2. The lowest BCUT2D eigenvalue weighted by atomic mass is 10.0. The molecule has 0 aliphatic carbocycles. The molecule has 1 aromatic rings. The fraction of sp³-hybridized carbons (Fsp3) is 0.632. The van der Waals surface area contributed by atoms with E-state index in [1.54, 1.807) is 0 Å². The molecule has 2 amide bonds. The molecule has 132 valence electrons. The van der Waals surface area contributed by atoms with Gasteiger partial charge in [0.05, 0.1) is 0 Å². The monoisotopic (exact) mass is 393 g/mol. The van der Waals surface area contributed by atoms with E-state index in [4.69, 9.17) is 0 Å². The van der Waals surface area contributed by atoms with Crippen LogP contribution in [0.2, 0.25) is 0 Å². The smallest absolute Gasteiger partial charge is 0.321 e. The van der Waals surface area contributed by atoms with E-state index in [2.05, 4.69) is 39.1 Å². The number of urea groups is 1. The number of piperidine rings is 1. The van der Waals surface area contributed by atoms with E-state index in [1.807, 2.05) is 17.0 Å². The molecule has 1 aromatic carbocycles. The van der Waals surface area contributed by atoms with Crippen LogP contribution in [0.3, 0.4) is 0 Å². The van der Waals surface area contributed by atoms with Crippen LogP contribution in [0.1, 0.15) is 44.6 Å². The van der Waals surface area contributed by atoms with Gasteiger partial charge in [0.1, 0.15) is 0 Å². The summed E-state index contributed by atoms with van der Waals surface area (Å²) in [6.45, 7) is 6.29. The Kier molecular flexibility index (Phi) is 6.17. The highest BCUT2D eigenvalue weighted by Gasteiger charge is 2.24. The van der Waals surface area contributed by atoms with Crippen molar-refractivity contribution in [2.45, 2.75) is 51.5 Å². The molecule has 3 rings (SSSR count). The highest BCUT2D eigenvalue weighted by atomic mass is 79.9. The molecular weight excluding hydrogens is 366 g/mol. The molecule has 0 aromatic heterocycles. The van der Waals surface area contributed by atoms with Crippen molar-refractivity contribution in [3.8, 4) is 0 Å². The number of nitrogens with zero attached hydrogens (tertiary/aromatic N) is 2. The average Bonchev–Trinajstić information content (AvgIpc) is 2.99. The zero-order valence-corrected chi connectivity index (χ0v) is 16.1. The molecule has 4 nitrogen and oxygen atoms in total. The molecule has 24 heavy (non-hydrogen) atoms. The number of amides is 2. The number of benzene rings is 1. The number of nitrogens with one attached hydrogen (secondary N) is 1. The highest BCUT2D eigenvalue weighted by Crippen LogP contribution is 2.30. The maximum atomic E-state index is 12.4. The predicted octanol–water partition coefficient (Wildman–Crippen LogP) is 4.18. The highest BCUT2D eigenvalue weighted by molar-refractivity contribution is 9.10. The lowest BCUT2D eigenvalue weighted by molar-refractivity contribution is 0.158. The molecule has 1 N–H and O–H groups in total. The number of hydrogen-bond donors (Lipinski definition) is 1. The van der Waals surface area contributed by atoms with E-state index >= 15 is 0 Å². The summed E-state index contributed by atoms with van der Waals surface area (Å²) in [6.07, 6.45) is 7.20. The van der Waals surface area contributed by atoms with Crippen LogP contribution in [-0.4, -0.2) is 43.2 Å². The normalized spacial score (nSPS) is 20.9. The second kappa shape index (κ2) is 8.34. The molecular formula is C19H28BrN3O. The fourth-order valence-electron chi connectivity index (χ4n) is 3.80. The van der Waals surface area contributed by atoms with E-state index in [1.165, 1.54) is 31.4 Å². The Bertz CT molecular complexity index is 578. The van der Waals surface area contributed by atoms with Crippen LogP contribution in [0, 0.1) is 0 Å². The van der Waals surface area contributed by atoms with Gasteiger partial charge in [0.15, 0.2) is 0 Å². The van der Waals surface area contributed by atoms with Gasteiger partial charge in [0.25, 0.3) is 0 Å². The summed E-state index contributed by atoms with van der Waals surface area (Å²) in [6, 6.07) is 6.92. The summed E-state index contributed by atoms with van der Waals surface area (Å²) in [5, 5.41) is 3.09. The topological polar surface area (TPSA) is 35.6 Å². The van der Waals surface area contributed by atoms with Gasteiger partial charge in [-0.1, -0.05) is 22.4 Å². The SMILES string of the molecule is C[C@H]1CCCCN1CCCCNC(=O)N1CCc2cc(Br)ccc21. The van der Waals surface area contributed by atoms with Crippen LogP contribution >= 0.6 is 15.9 Å². The van der Waals surface area contributed by atoms with Gasteiger partial charge in [0, 0.05) is 29.3 Å². The average molecular weight is 394 g/mol. The van der Waals surface area contributed by atoms with Crippen molar-refractivity contribution in [1.29, 1.82) is 0 Å². The van der Waals surface area contributed by atoms with Crippen molar-refractivity contribution in [1.82, 2.24) is 10.2 Å². The number of fused-ring (bicyclic) bond motifs is 1. The number of anilines is 1. The standard InChI is InChI=1S/C19H28BrN3O/c1-15-6-2-4-11-22(15)12-5-3-10-21-19(24)23-13-9-16-14-17(20)7-8-18(16)23/h7-8,14-15H,2-6,9-13H2,1H3,(H,21,24)/t15-/m0/s1. The lowest BCUT2D eigenvalue weighted by Crippen LogP contribution is -2.40. The van der Waals surface area contributed by atoms with E-state index in [-0.39, 0.29) is 6.03 Å². The van der Waals surface area contributed by atoms with Gasteiger partial charge >= 0.3 is 6.03 Å². The Morgan fingerprint density at radius 1 is 1.29 bits per heavy atom. The second-order valence-corrected chi connectivity index (χ2v) is 7.91. The van der Waals surface area contributed by atoms with Crippen LogP contribution in [-0.2, 0) is 6.42 Å². The number of carbonyl (C=O) groups is 1. The molecule has 0 saturated carbocycles. The number of carbonyl (C=O) groups excluding carboxylic acids is 1. The molecule has 0 unspecified atom stereocenters. The van der Waals surface area contributed by atoms with Crippen LogP contribution in [0.25, 0.3) is 0 Å². The number of rotatable bonds is 5. The van der Waals surface area contributed by atoms with Crippen molar-refractivity contribution in [2.75, 3.05) is 31.1 Å². The molecule has 2 heterocycles. The Morgan fingerprint density at radius 3 is 3.00 bits per heavy atom. The van der Waals surface area contributed by atoms with E-state index in [9.17, 15) is 4.79 Å². The van der Waals surface area contributed by atoms with Crippen molar-refractivity contribution in [2.24, 2.45) is 0 Å². The first-order valence-electron chi connectivity index (χ1n) is 9.23. The fourth-order valence-corrected chi connectivity index (χ4v) is 4.21. The zero-order valence-electron chi connectivity index (χ0n) is 14.6. The predicted molar refractivity (Wildman–Crippen MR) is 103 cm³/mol. The van der Waals surface area contributed by atoms with Crippen molar-refractivity contribution in [3.05, 3.63) is 28.2 Å². The minimum absolute atomic E-state index is 0.0439. The Morgan fingerprint density at radius 2 is 2.17 bits per heavy atom. The van der Waals surface area contributed by atoms with Crippen molar-refractivity contribution in [3.63, 3.8) is 0 Å². The van der Waals surface area contributed by atoms with Crippen LogP contribution in [0.15, 0.2) is 22.7 Å². The van der Waals surface area contributed by atoms with Crippen molar-refractivity contribution < 1.29 is 4.79 Å². The summed E-state index contributed by atoms with van der Waals surface area (Å²) < 4.78 is 1.08. The van der Waals surface area contributed by atoms with E-state index in [0.717, 1.165) is 55.1 Å². The van der Waals surface area contributed by atoms with Crippen LogP contribution in [0.4, 0.5) is 10.5 Å². The first kappa shape index (κ1) is 17.7. The van der Waals surface area contributed by atoms with Gasteiger partial charge in [-0.2, -0.15) is 0 Å². The molecule has 2 aliphatic heterocycles. The summed E-state index contributed by atoms with van der Waals surface area (Å²) in [7, 11) is 0. The third kappa shape index (κ3) is 4.31. The molecule has 0 radical (unpaired) electrons.